The van der Waals surface area contributed by atoms with Crippen LogP contribution in [0, 0.1) is 0 Å². The van der Waals surface area contributed by atoms with Gasteiger partial charge in [-0.2, -0.15) is 0 Å². The van der Waals surface area contributed by atoms with Crippen molar-refractivity contribution in [1.29, 1.82) is 0 Å². The van der Waals surface area contributed by atoms with Crippen LogP contribution in [0.2, 0.25) is 0 Å². The highest BCUT2D eigenvalue weighted by atomic mass is 16.3. The zero-order chi connectivity index (χ0) is 18.6. The zero-order valence-electron chi connectivity index (χ0n) is 15.6. The molecule has 4 rings (SSSR count). The summed E-state index contributed by atoms with van der Waals surface area (Å²) in [5.41, 5.74) is 4.75. The predicted molar refractivity (Wildman–Crippen MR) is 107 cm³/mol. The summed E-state index contributed by atoms with van der Waals surface area (Å²) in [6.07, 6.45) is 5.52. The quantitative estimate of drug-likeness (QED) is 0.775. The fourth-order valence-electron chi connectivity index (χ4n) is 4.23. The Labute approximate surface area is 160 Å². The molecule has 1 atom stereocenters. The fraction of sp³-hybridized carbons (Fsp3) is 0.409. The molecular formula is C22H27N3O2. The number of anilines is 1. The number of piperidine rings is 1. The molecule has 142 valence electrons. The second-order valence-electron chi connectivity index (χ2n) is 7.68. The van der Waals surface area contributed by atoms with Crippen LogP contribution in [0.15, 0.2) is 42.5 Å². The number of hydrogen-bond donors (Lipinski definition) is 3. The van der Waals surface area contributed by atoms with Crippen LogP contribution in [0.1, 0.15) is 36.0 Å². The lowest BCUT2D eigenvalue weighted by Gasteiger charge is -2.33. The molecule has 2 amide bonds. The van der Waals surface area contributed by atoms with Crippen LogP contribution in [-0.4, -0.2) is 35.2 Å². The highest BCUT2D eigenvalue weighted by Crippen LogP contribution is 2.25. The third kappa shape index (κ3) is 4.61. The molecule has 0 unspecified atom stereocenters. The Morgan fingerprint density at radius 2 is 2.00 bits per heavy atom. The van der Waals surface area contributed by atoms with Crippen LogP contribution in [0.3, 0.4) is 0 Å². The number of nitrogens with one attached hydrogen (secondary N) is 2. The monoisotopic (exact) mass is 365 g/mol. The number of hydrogen-bond acceptors (Lipinski definition) is 3. The van der Waals surface area contributed by atoms with E-state index in [0.29, 0.717) is 5.75 Å². The van der Waals surface area contributed by atoms with Gasteiger partial charge in [0, 0.05) is 24.8 Å². The maximum Gasteiger partial charge on any atom is 0.319 e. The summed E-state index contributed by atoms with van der Waals surface area (Å²) in [4.78, 5) is 14.7. The first-order valence-corrected chi connectivity index (χ1v) is 9.85. The van der Waals surface area contributed by atoms with E-state index in [1.54, 1.807) is 12.1 Å². The van der Waals surface area contributed by atoms with Crippen molar-refractivity contribution >= 4 is 11.7 Å². The van der Waals surface area contributed by atoms with Gasteiger partial charge >= 0.3 is 6.03 Å². The summed E-state index contributed by atoms with van der Waals surface area (Å²) in [6, 6.07) is 13.6. The molecule has 0 bridgehead atoms. The maximum atomic E-state index is 12.4. The molecule has 3 N–H and O–H groups in total. The molecule has 1 saturated heterocycles. The number of aromatic hydroxyl groups is 1. The predicted octanol–water partition coefficient (Wildman–Crippen LogP) is 3.67. The van der Waals surface area contributed by atoms with Crippen LogP contribution in [0.25, 0.3) is 0 Å². The average Bonchev–Trinajstić information content (AvgIpc) is 3.09. The van der Waals surface area contributed by atoms with Gasteiger partial charge in [-0.05, 0) is 79.6 Å². The smallest absolute Gasteiger partial charge is 0.319 e. The largest absolute Gasteiger partial charge is 0.508 e. The first-order chi connectivity index (χ1) is 13.2. The molecule has 1 fully saturated rings. The molecule has 1 heterocycles. The van der Waals surface area contributed by atoms with Gasteiger partial charge in [-0.1, -0.05) is 18.2 Å². The Kier molecular flexibility index (Phi) is 5.30. The topological polar surface area (TPSA) is 64.6 Å². The normalized spacial score (nSPS) is 19.5. The number of carbonyl (C=O) groups is 1. The van der Waals surface area contributed by atoms with Crippen LogP contribution in [0.4, 0.5) is 10.5 Å². The minimum Gasteiger partial charge on any atom is -0.508 e. The standard InChI is InChI=1S/C22H27N3O2/c26-21-8-1-4-16(12-21)14-25-11-3-7-20(15-25)24-22(27)23-19-10-9-17-5-2-6-18(17)13-19/h1,4,8-10,12-13,20,26H,2-3,5-7,11,14-15H2,(H2,23,24,27)/t20-/m1/s1. The van der Waals surface area contributed by atoms with Crippen LogP contribution >= 0.6 is 0 Å². The van der Waals surface area contributed by atoms with E-state index in [1.165, 1.54) is 17.5 Å². The van der Waals surface area contributed by atoms with Crippen molar-refractivity contribution in [3.05, 3.63) is 59.2 Å². The number of phenolic OH excluding ortho intramolecular Hbond substituents is 1. The molecule has 27 heavy (non-hydrogen) atoms. The van der Waals surface area contributed by atoms with Crippen molar-refractivity contribution in [2.24, 2.45) is 0 Å². The van der Waals surface area contributed by atoms with E-state index < -0.39 is 0 Å². The van der Waals surface area contributed by atoms with E-state index in [1.807, 2.05) is 18.2 Å². The number of carbonyl (C=O) groups excluding carboxylic acids is 1. The van der Waals surface area contributed by atoms with Crippen molar-refractivity contribution < 1.29 is 9.90 Å². The van der Waals surface area contributed by atoms with E-state index in [2.05, 4.69) is 27.7 Å². The Hall–Kier alpha value is -2.53. The van der Waals surface area contributed by atoms with Crippen molar-refractivity contribution in [1.82, 2.24) is 10.2 Å². The van der Waals surface area contributed by atoms with Crippen LogP contribution in [-0.2, 0) is 19.4 Å². The van der Waals surface area contributed by atoms with E-state index in [-0.39, 0.29) is 12.1 Å². The summed E-state index contributed by atoms with van der Waals surface area (Å²) >= 11 is 0. The van der Waals surface area contributed by atoms with Gasteiger partial charge in [-0.3, -0.25) is 4.90 Å². The van der Waals surface area contributed by atoms with Crippen molar-refractivity contribution in [3.63, 3.8) is 0 Å². The Morgan fingerprint density at radius 1 is 1.11 bits per heavy atom. The van der Waals surface area contributed by atoms with Gasteiger partial charge < -0.3 is 15.7 Å². The number of phenols is 1. The molecule has 0 aromatic heterocycles. The molecule has 5 heteroatoms. The number of rotatable bonds is 4. The number of amides is 2. The average molecular weight is 365 g/mol. The maximum absolute atomic E-state index is 12.4. The fourth-order valence-corrected chi connectivity index (χ4v) is 4.23. The lowest BCUT2D eigenvalue weighted by molar-refractivity contribution is 0.183. The van der Waals surface area contributed by atoms with Gasteiger partial charge in [-0.15, -0.1) is 0 Å². The molecular weight excluding hydrogens is 338 g/mol. The number of urea groups is 1. The number of benzene rings is 2. The SMILES string of the molecule is O=C(Nc1ccc2c(c1)CCC2)N[C@@H]1CCCN(Cc2cccc(O)c2)C1. The lowest BCUT2D eigenvalue weighted by Crippen LogP contribution is -2.48. The highest BCUT2D eigenvalue weighted by Gasteiger charge is 2.22. The Morgan fingerprint density at radius 3 is 2.89 bits per heavy atom. The number of aryl methyl sites for hydroxylation is 2. The summed E-state index contributed by atoms with van der Waals surface area (Å²) in [6.45, 7) is 2.63. The molecule has 1 aliphatic heterocycles. The number of fused-ring (bicyclic) bond motifs is 1. The molecule has 0 spiro atoms. The van der Waals surface area contributed by atoms with Gasteiger partial charge in [0.2, 0.25) is 0 Å². The van der Waals surface area contributed by atoms with Crippen LogP contribution in [0.5, 0.6) is 5.75 Å². The Bertz CT molecular complexity index is 821. The molecule has 2 aromatic rings. The third-order valence-corrected chi connectivity index (χ3v) is 5.51. The molecule has 0 saturated carbocycles. The van der Waals surface area contributed by atoms with Gasteiger partial charge in [0.1, 0.15) is 5.75 Å². The van der Waals surface area contributed by atoms with Gasteiger partial charge in [0.05, 0.1) is 0 Å². The Balaban J connectivity index is 1.30. The minimum absolute atomic E-state index is 0.128. The zero-order valence-corrected chi connectivity index (χ0v) is 15.6. The third-order valence-electron chi connectivity index (χ3n) is 5.51. The molecule has 0 radical (unpaired) electrons. The second-order valence-corrected chi connectivity index (χ2v) is 7.68. The van der Waals surface area contributed by atoms with E-state index in [9.17, 15) is 9.90 Å². The van der Waals surface area contributed by atoms with Crippen molar-refractivity contribution in [3.8, 4) is 5.75 Å². The van der Waals surface area contributed by atoms with Gasteiger partial charge in [-0.25, -0.2) is 4.79 Å². The molecule has 5 nitrogen and oxygen atoms in total. The van der Waals surface area contributed by atoms with Crippen molar-refractivity contribution in [2.75, 3.05) is 18.4 Å². The molecule has 2 aromatic carbocycles. The number of nitrogens with zero attached hydrogens (tertiary/aromatic N) is 1. The van der Waals surface area contributed by atoms with Gasteiger partial charge in [0.15, 0.2) is 0 Å². The summed E-state index contributed by atoms with van der Waals surface area (Å²) < 4.78 is 0. The van der Waals surface area contributed by atoms with Gasteiger partial charge in [0.25, 0.3) is 0 Å². The van der Waals surface area contributed by atoms with Crippen molar-refractivity contribution in [2.45, 2.75) is 44.7 Å². The summed E-state index contributed by atoms with van der Waals surface area (Å²) in [7, 11) is 0. The van der Waals surface area contributed by atoms with E-state index in [0.717, 1.165) is 56.6 Å². The molecule has 2 aliphatic rings. The van der Waals surface area contributed by atoms with E-state index in [4.69, 9.17) is 0 Å². The first kappa shape index (κ1) is 17.9. The lowest BCUT2D eigenvalue weighted by atomic mass is 10.0. The first-order valence-electron chi connectivity index (χ1n) is 9.85. The minimum atomic E-state index is -0.128. The number of likely N-dealkylation sites (tertiary alicyclic amines) is 1. The summed E-state index contributed by atoms with van der Waals surface area (Å²) in [5.74, 6) is 0.299. The van der Waals surface area contributed by atoms with Crippen LogP contribution < -0.4 is 10.6 Å². The highest BCUT2D eigenvalue weighted by molar-refractivity contribution is 5.89. The summed E-state index contributed by atoms with van der Waals surface area (Å²) in [5, 5.41) is 15.7. The molecule has 1 aliphatic carbocycles. The van der Waals surface area contributed by atoms with E-state index >= 15 is 0 Å². The second kappa shape index (κ2) is 8.01.